The maximum Gasteiger partial charge on any atom is 0.319 e. The maximum atomic E-state index is 12.0. The number of nitrogens with one attached hydrogen (secondary N) is 2. The zero-order valence-electron chi connectivity index (χ0n) is 14.1. The molecule has 2 amide bonds. The minimum absolute atomic E-state index is 0.107. The van der Waals surface area contributed by atoms with Crippen molar-refractivity contribution >= 4 is 11.7 Å². The molecule has 0 aromatic heterocycles. The molecule has 0 bridgehead atoms. The van der Waals surface area contributed by atoms with Gasteiger partial charge in [-0.1, -0.05) is 48.5 Å². The highest BCUT2D eigenvalue weighted by Crippen LogP contribution is 2.22. The van der Waals surface area contributed by atoms with E-state index in [4.69, 9.17) is 0 Å². The molecule has 3 N–H and O–H groups in total. The second-order valence-corrected chi connectivity index (χ2v) is 6.08. The lowest BCUT2D eigenvalue weighted by molar-refractivity contribution is 0.0911. The number of aliphatic hydroxyl groups is 1. The van der Waals surface area contributed by atoms with Crippen molar-refractivity contribution in [1.29, 1.82) is 0 Å². The third kappa shape index (κ3) is 5.68. The van der Waals surface area contributed by atoms with Crippen LogP contribution in [-0.4, -0.2) is 43.2 Å². The molecule has 0 radical (unpaired) electrons. The lowest BCUT2D eigenvalue weighted by atomic mass is 9.95. The first-order valence-corrected chi connectivity index (χ1v) is 8.04. The molecule has 0 heterocycles. The van der Waals surface area contributed by atoms with Crippen LogP contribution in [-0.2, 0) is 0 Å². The largest absolute Gasteiger partial charge is 0.388 e. The molecule has 0 spiro atoms. The third-order valence-corrected chi connectivity index (χ3v) is 3.74. The Balaban J connectivity index is 1.94. The number of nitrogens with zero attached hydrogens (tertiary/aromatic N) is 1. The van der Waals surface area contributed by atoms with Crippen LogP contribution in [0.5, 0.6) is 0 Å². The van der Waals surface area contributed by atoms with Crippen LogP contribution in [0.1, 0.15) is 11.7 Å². The fraction of sp³-hybridized carbons (Fsp3) is 0.316. The van der Waals surface area contributed by atoms with E-state index in [0.29, 0.717) is 13.1 Å². The molecule has 0 aliphatic heterocycles. The number of benzene rings is 2. The highest BCUT2D eigenvalue weighted by molar-refractivity contribution is 5.89. The first kappa shape index (κ1) is 18.0. The molecule has 5 nitrogen and oxygen atoms in total. The quantitative estimate of drug-likeness (QED) is 0.733. The summed E-state index contributed by atoms with van der Waals surface area (Å²) < 4.78 is 0. The van der Waals surface area contributed by atoms with Crippen LogP contribution in [0.2, 0.25) is 0 Å². The summed E-state index contributed by atoms with van der Waals surface area (Å²) in [5, 5.41) is 16.3. The Labute approximate surface area is 143 Å². The number of amides is 2. The van der Waals surface area contributed by atoms with Crippen LogP contribution < -0.4 is 10.6 Å². The van der Waals surface area contributed by atoms with Crippen molar-refractivity contribution in [3.8, 4) is 0 Å². The molecule has 128 valence electrons. The fourth-order valence-electron chi connectivity index (χ4n) is 2.59. The van der Waals surface area contributed by atoms with Gasteiger partial charge < -0.3 is 20.6 Å². The van der Waals surface area contributed by atoms with E-state index in [-0.39, 0.29) is 11.9 Å². The summed E-state index contributed by atoms with van der Waals surface area (Å²) in [5.74, 6) is -0.107. The standard InChI is InChI=1S/C19H25N3O2/c1-22(2)14-16(18(23)15-9-5-3-6-10-15)13-20-19(24)21-17-11-7-4-8-12-17/h3-12,16,18,23H,13-14H2,1-2H3,(H2,20,21,24)/t16-,18+/m1/s1. The molecule has 0 unspecified atom stereocenters. The number of carbonyl (C=O) groups excluding carboxylic acids is 1. The molecule has 2 atom stereocenters. The lowest BCUT2D eigenvalue weighted by Crippen LogP contribution is -2.39. The zero-order valence-corrected chi connectivity index (χ0v) is 14.1. The molecule has 0 aliphatic rings. The molecule has 5 heteroatoms. The average molecular weight is 327 g/mol. The van der Waals surface area contributed by atoms with Crippen molar-refractivity contribution in [1.82, 2.24) is 10.2 Å². The molecular formula is C19H25N3O2. The second kappa shape index (κ2) is 9.05. The normalized spacial score (nSPS) is 13.3. The smallest absolute Gasteiger partial charge is 0.319 e. The van der Waals surface area contributed by atoms with Gasteiger partial charge in [0.05, 0.1) is 6.10 Å². The Kier molecular flexibility index (Phi) is 6.78. The Morgan fingerprint density at radius 3 is 2.21 bits per heavy atom. The third-order valence-electron chi connectivity index (χ3n) is 3.74. The van der Waals surface area contributed by atoms with Gasteiger partial charge in [-0.05, 0) is 31.8 Å². The SMILES string of the molecule is CN(C)C[C@@H](CNC(=O)Nc1ccccc1)[C@@H](O)c1ccccc1. The van der Waals surface area contributed by atoms with Crippen LogP contribution in [0.3, 0.4) is 0 Å². The van der Waals surface area contributed by atoms with Gasteiger partial charge >= 0.3 is 6.03 Å². The van der Waals surface area contributed by atoms with Gasteiger partial charge in [0, 0.05) is 24.7 Å². The predicted octanol–water partition coefficient (Wildman–Crippen LogP) is 2.72. The molecule has 0 saturated carbocycles. The molecule has 2 aromatic carbocycles. The topological polar surface area (TPSA) is 64.6 Å². The van der Waals surface area contributed by atoms with Gasteiger partial charge in [-0.3, -0.25) is 0 Å². The van der Waals surface area contributed by atoms with Crippen LogP contribution in [0.4, 0.5) is 10.5 Å². The Hall–Kier alpha value is -2.37. The van der Waals surface area contributed by atoms with E-state index in [2.05, 4.69) is 10.6 Å². The highest BCUT2D eigenvalue weighted by Gasteiger charge is 2.22. The summed E-state index contributed by atoms with van der Waals surface area (Å²) >= 11 is 0. The first-order valence-electron chi connectivity index (χ1n) is 8.04. The maximum absolute atomic E-state index is 12.0. The molecule has 0 saturated heterocycles. The van der Waals surface area contributed by atoms with Gasteiger partial charge in [0.2, 0.25) is 0 Å². The predicted molar refractivity (Wildman–Crippen MR) is 96.9 cm³/mol. The van der Waals surface area contributed by atoms with Crippen LogP contribution in [0.15, 0.2) is 60.7 Å². The van der Waals surface area contributed by atoms with Crippen molar-refractivity contribution in [2.45, 2.75) is 6.10 Å². The first-order chi connectivity index (χ1) is 11.6. The minimum Gasteiger partial charge on any atom is -0.388 e. The van der Waals surface area contributed by atoms with Gasteiger partial charge in [0.25, 0.3) is 0 Å². The Morgan fingerprint density at radius 2 is 1.62 bits per heavy atom. The van der Waals surface area contributed by atoms with Gasteiger partial charge in [0.1, 0.15) is 0 Å². The van der Waals surface area contributed by atoms with Gasteiger partial charge in [0.15, 0.2) is 0 Å². The van der Waals surface area contributed by atoms with Crippen LogP contribution in [0, 0.1) is 5.92 Å². The van der Waals surface area contributed by atoms with Crippen molar-refractivity contribution in [3.05, 3.63) is 66.2 Å². The number of para-hydroxylation sites is 1. The summed E-state index contributed by atoms with van der Waals surface area (Å²) in [6.07, 6.45) is -0.634. The number of urea groups is 1. The van der Waals surface area contributed by atoms with E-state index in [9.17, 15) is 9.90 Å². The number of carbonyl (C=O) groups is 1. The molecule has 0 aliphatic carbocycles. The van der Waals surface area contributed by atoms with E-state index in [1.807, 2.05) is 79.7 Å². The second-order valence-electron chi connectivity index (χ2n) is 6.08. The summed E-state index contributed by atoms with van der Waals surface area (Å²) in [6, 6.07) is 18.5. The molecule has 24 heavy (non-hydrogen) atoms. The van der Waals surface area contributed by atoms with Gasteiger partial charge in [-0.15, -0.1) is 0 Å². The number of rotatable bonds is 7. The summed E-state index contributed by atoms with van der Waals surface area (Å²) in [6.45, 7) is 1.05. The molecule has 2 rings (SSSR count). The Morgan fingerprint density at radius 1 is 1.04 bits per heavy atom. The lowest BCUT2D eigenvalue weighted by Gasteiger charge is -2.26. The van der Waals surface area contributed by atoms with Crippen molar-refractivity contribution in [2.24, 2.45) is 5.92 Å². The number of anilines is 1. The fourth-order valence-corrected chi connectivity index (χ4v) is 2.59. The number of hydrogen-bond donors (Lipinski definition) is 3. The molecule has 0 fully saturated rings. The van der Waals surface area contributed by atoms with E-state index in [1.54, 1.807) is 0 Å². The van der Waals surface area contributed by atoms with E-state index >= 15 is 0 Å². The average Bonchev–Trinajstić information content (AvgIpc) is 2.59. The minimum atomic E-state index is -0.634. The van der Waals surface area contributed by atoms with Crippen molar-refractivity contribution in [2.75, 3.05) is 32.5 Å². The van der Waals surface area contributed by atoms with Crippen LogP contribution in [0.25, 0.3) is 0 Å². The van der Waals surface area contributed by atoms with Crippen molar-refractivity contribution < 1.29 is 9.90 Å². The summed E-state index contributed by atoms with van der Waals surface area (Å²) in [5.41, 5.74) is 1.59. The monoisotopic (exact) mass is 327 g/mol. The zero-order chi connectivity index (χ0) is 17.4. The van der Waals surface area contributed by atoms with Crippen LogP contribution >= 0.6 is 0 Å². The van der Waals surface area contributed by atoms with E-state index in [0.717, 1.165) is 11.3 Å². The number of hydrogen-bond acceptors (Lipinski definition) is 3. The van der Waals surface area contributed by atoms with Gasteiger partial charge in [-0.2, -0.15) is 0 Å². The van der Waals surface area contributed by atoms with E-state index < -0.39 is 6.10 Å². The summed E-state index contributed by atoms with van der Waals surface area (Å²) in [4.78, 5) is 14.1. The van der Waals surface area contributed by atoms with E-state index in [1.165, 1.54) is 0 Å². The van der Waals surface area contributed by atoms with Gasteiger partial charge in [-0.25, -0.2) is 4.79 Å². The molecule has 2 aromatic rings. The summed E-state index contributed by atoms with van der Waals surface area (Å²) in [7, 11) is 3.91. The molecular weight excluding hydrogens is 302 g/mol. The highest BCUT2D eigenvalue weighted by atomic mass is 16.3. The Bertz CT molecular complexity index is 617. The number of aliphatic hydroxyl groups excluding tert-OH is 1. The van der Waals surface area contributed by atoms with Crippen molar-refractivity contribution in [3.63, 3.8) is 0 Å².